The molecule has 0 unspecified atom stereocenters. The van der Waals surface area contributed by atoms with Gasteiger partial charge in [0.05, 0.1) is 0 Å². The Morgan fingerprint density at radius 3 is 2.30 bits per heavy atom. The number of nitrogens with one attached hydrogen (secondary N) is 1. The van der Waals surface area contributed by atoms with Crippen LogP contribution in [0.3, 0.4) is 0 Å². The predicted octanol–water partition coefficient (Wildman–Crippen LogP) is 1.76. The van der Waals surface area contributed by atoms with Crippen molar-refractivity contribution in [1.29, 1.82) is 0 Å². The van der Waals surface area contributed by atoms with Crippen LogP contribution in [0.1, 0.15) is 44.6 Å². The van der Waals surface area contributed by atoms with Gasteiger partial charge < -0.3 is 9.63 Å². The topological polar surface area (TPSA) is 92.4 Å². The molecule has 0 spiro atoms. The van der Waals surface area contributed by atoms with Gasteiger partial charge >= 0.3 is 0 Å². The molecule has 0 aliphatic heterocycles. The molecule has 2 N–H and O–H groups in total. The van der Waals surface area contributed by atoms with Gasteiger partial charge in [-0.2, -0.15) is 0 Å². The molecular formula is C13H24N2O4S. The first-order valence-corrected chi connectivity index (χ1v) is 8.33. The van der Waals surface area contributed by atoms with Crippen molar-refractivity contribution in [3.8, 4) is 0 Å². The lowest BCUT2D eigenvalue weighted by Gasteiger charge is -2.31. The van der Waals surface area contributed by atoms with E-state index in [0.717, 1.165) is 12.8 Å². The molecule has 0 radical (unpaired) electrons. The number of hydrogen-bond donors (Lipinski definition) is 2. The highest BCUT2D eigenvalue weighted by molar-refractivity contribution is 7.89. The van der Waals surface area contributed by atoms with Crippen LogP contribution in [0.4, 0.5) is 0 Å². The summed E-state index contributed by atoms with van der Waals surface area (Å²) in [5.41, 5.74) is 0.136. The second-order valence-electron chi connectivity index (χ2n) is 5.16. The molecule has 1 aromatic heterocycles. The van der Waals surface area contributed by atoms with Crippen molar-refractivity contribution >= 4 is 10.0 Å². The van der Waals surface area contributed by atoms with E-state index < -0.39 is 10.0 Å². The minimum absolute atomic E-state index is 0.0503. The Labute approximate surface area is 120 Å². The van der Waals surface area contributed by atoms with E-state index in [4.69, 9.17) is 9.63 Å². The molecule has 20 heavy (non-hydrogen) atoms. The molecule has 7 heteroatoms. The van der Waals surface area contributed by atoms with E-state index in [2.05, 4.69) is 9.88 Å². The number of nitrogens with zero attached hydrogens (tertiary/aromatic N) is 1. The van der Waals surface area contributed by atoms with Gasteiger partial charge in [0.25, 0.3) is 0 Å². The summed E-state index contributed by atoms with van der Waals surface area (Å²) in [6.07, 6.45) is 2.17. The molecule has 0 aliphatic rings. The average molecular weight is 304 g/mol. The first-order chi connectivity index (χ1) is 9.32. The van der Waals surface area contributed by atoms with E-state index in [9.17, 15) is 8.42 Å². The maximum absolute atomic E-state index is 12.3. The second-order valence-corrected chi connectivity index (χ2v) is 6.86. The van der Waals surface area contributed by atoms with Crippen molar-refractivity contribution in [3.63, 3.8) is 0 Å². The Balaban J connectivity index is 2.92. The second kappa shape index (κ2) is 6.69. The Hall–Kier alpha value is -0.920. The fourth-order valence-corrected chi connectivity index (χ4v) is 3.84. The third kappa shape index (κ3) is 3.59. The van der Waals surface area contributed by atoms with E-state index in [1.165, 1.54) is 0 Å². The normalized spacial score (nSPS) is 12.8. The fourth-order valence-electron chi connectivity index (χ4n) is 2.36. The molecule has 1 heterocycles. The maximum Gasteiger partial charge on any atom is 0.245 e. The largest absolute Gasteiger partial charge is 0.396 e. The maximum atomic E-state index is 12.3. The number of sulfonamides is 1. The van der Waals surface area contributed by atoms with Crippen LogP contribution in [-0.2, 0) is 10.0 Å². The molecule has 0 atom stereocenters. The van der Waals surface area contributed by atoms with Gasteiger partial charge in [0.1, 0.15) is 10.6 Å². The molecule has 1 aromatic rings. The van der Waals surface area contributed by atoms with Gasteiger partial charge in [-0.05, 0) is 38.5 Å². The van der Waals surface area contributed by atoms with Gasteiger partial charge in [-0.25, -0.2) is 13.1 Å². The SMILES string of the molecule is CCC(CC)(CCO)CNS(=O)(=O)c1c(C)noc1C. The van der Waals surface area contributed by atoms with Crippen LogP contribution in [0.25, 0.3) is 0 Å². The lowest BCUT2D eigenvalue weighted by Crippen LogP contribution is -2.38. The standard InChI is InChI=1S/C13H24N2O4S/c1-5-13(6-2,7-8-16)9-14-20(17,18)12-10(3)15-19-11(12)4/h14,16H,5-9H2,1-4H3. The molecule has 116 valence electrons. The molecular weight excluding hydrogens is 280 g/mol. The third-order valence-corrected chi connectivity index (χ3v) is 5.66. The van der Waals surface area contributed by atoms with E-state index in [1.807, 2.05) is 13.8 Å². The van der Waals surface area contributed by atoms with Crippen LogP contribution < -0.4 is 4.72 Å². The quantitative estimate of drug-likeness (QED) is 0.763. The van der Waals surface area contributed by atoms with Gasteiger partial charge in [-0.1, -0.05) is 19.0 Å². The van der Waals surface area contributed by atoms with Crippen molar-refractivity contribution in [2.24, 2.45) is 5.41 Å². The molecule has 0 saturated heterocycles. The minimum atomic E-state index is -3.64. The van der Waals surface area contributed by atoms with Crippen molar-refractivity contribution in [2.45, 2.75) is 51.9 Å². The van der Waals surface area contributed by atoms with Gasteiger partial charge in [0, 0.05) is 13.2 Å². The summed E-state index contributed by atoms with van der Waals surface area (Å²) in [7, 11) is -3.64. The summed E-state index contributed by atoms with van der Waals surface area (Å²) in [6, 6.07) is 0. The zero-order chi connectivity index (χ0) is 15.4. The van der Waals surface area contributed by atoms with E-state index in [-0.39, 0.29) is 22.7 Å². The molecule has 6 nitrogen and oxygen atoms in total. The highest BCUT2D eigenvalue weighted by atomic mass is 32.2. The number of aliphatic hydroxyl groups excluding tert-OH is 1. The minimum Gasteiger partial charge on any atom is -0.396 e. The van der Waals surface area contributed by atoms with Crippen LogP contribution in [0, 0.1) is 19.3 Å². The molecule has 0 aromatic carbocycles. The number of rotatable bonds is 8. The first-order valence-electron chi connectivity index (χ1n) is 6.85. The number of aliphatic hydroxyl groups is 1. The van der Waals surface area contributed by atoms with Crippen LogP contribution in [0.2, 0.25) is 0 Å². The zero-order valence-corrected chi connectivity index (χ0v) is 13.4. The summed E-state index contributed by atoms with van der Waals surface area (Å²) < 4.78 is 32.2. The summed E-state index contributed by atoms with van der Waals surface area (Å²) in [6.45, 7) is 7.54. The highest BCUT2D eigenvalue weighted by Gasteiger charge is 2.30. The van der Waals surface area contributed by atoms with E-state index in [1.54, 1.807) is 13.8 Å². The van der Waals surface area contributed by atoms with Crippen molar-refractivity contribution in [3.05, 3.63) is 11.5 Å². The smallest absolute Gasteiger partial charge is 0.245 e. The molecule has 0 fully saturated rings. The third-order valence-electron chi connectivity index (χ3n) is 4.02. The van der Waals surface area contributed by atoms with Crippen molar-refractivity contribution in [2.75, 3.05) is 13.2 Å². The number of aryl methyl sites for hydroxylation is 2. The van der Waals surface area contributed by atoms with Gasteiger partial charge in [0.2, 0.25) is 10.0 Å². The van der Waals surface area contributed by atoms with Gasteiger partial charge in [-0.3, -0.25) is 0 Å². The Morgan fingerprint density at radius 2 is 1.90 bits per heavy atom. The Morgan fingerprint density at radius 1 is 1.30 bits per heavy atom. The molecule has 0 amide bonds. The van der Waals surface area contributed by atoms with Crippen molar-refractivity contribution < 1.29 is 18.0 Å². The lowest BCUT2D eigenvalue weighted by molar-refractivity contribution is 0.170. The number of aromatic nitrogens is 1. The lowest BCUT2D eigenvalue weighted by atomic mass is 9.80. The predicted molar refractivity (Wildman–Crippen MR) is 75.9 cm³/mol. The number of hydrogen-bond acceptors (Lipinski definition) is 5. The van der Waals surface area contributed by atoms with E-state index >= 15 is 0 Å². The molecule has 1 rings (SSSR count). The first kappa shape index (κ1) is 17.1. The van der Waals surface area contributed by atoms with Gasteiger partial charge in [-0.15, -0.1) is 0 Å². The van der Waals surface area contributed by atoms with Crippen LogP contribution in [-0.4, -0.2) is 31.8 Å². The van der Waals surface area contributed by atoms with Crippen LogP contribution >= 0.6 is 0 Å². The van der Waals surface area contributed by atoms with Gasteiger partial charge in [0.15, 0.2) is 5.76 Å². The summed E-state index contributed by atoms with van der Waals surface area (Å²) >= 11 is 0. The Bertz CT molecular complexity index is 513. The molecule has 0 bridgehead atoms. The van der Waals surface area contributed by atoms with Crippen molar-refractivity contribution in [1.82, 2.24) is 9.88 Å². The summed E-state index contributed by atoms with van der Waals surface area (Å²) in [5, 5.41) is 12.8. The van der Waals surface area contributed by atoms with E-state index in [0.29, 0.717) is 18.7 Å². The zero-order valence-electron chi connectivity index (χ0n) is 12.6. The molecule has 0 aliphatic carbocycles. The van der Waals surface area contributed by atoms with Crippen LogP contribution in [0.5, 0.6) is 0 Å². The Kier molecular flexibility index (Phi) is 5.73. The molecule has 0 saturated carbocycles. The fraction of sp³-hybridized carbons (Fsp3) is 0.769. The summed E-state index contributed by atoms with van der Waals surface area (Å²) in [4.78, 5) is 0.114. The highest BCUT2D eigenvalue weighted by Crippen LogP contribution is 2.30. The monoisotopic (exact) mass is 304 g/mol. The average Bonchev–Trinajstić information content (AvgIpc) is 2.75. The van der Waals surface area contributed by atoms with Crippen LogP contribution in [0.15, 0.2) is 9.42 Å². The summed E-state index contributed by atoms with van der Waals surface area (Å²) in [5.74, 6) is 0.288.